The van der Waals surface area contributed by atoms with Gasteiger partial charge >= 0.3 is 0 Å². The van der Waals surface area contributed by atoms with Crippen molar-refractivity contribution in [1.29, 1.82) is 0 Å². The third-order valence-electron chi connectivity index (χ3n) is 4.28. The number of carbonyl (C=O) groups is 1. The zero-order valence-electron chi connectivity index (χ0n) is 15.9. The summed E-state index contributed by atoms with van der Waals surface area (Å²) in [5.74, 6) is 0.247. The average Bonchev–Trinajstić information content (AvgIpc) is 3.08. The zero-order valence-corrected chi connectivity index (χ0v) is 19.2. The van der Waals surface area contributed by atoms with Gasteiger partial charge in [0.2, 0.25) is 15.9 Å². The van der Waals surface area contributed by atoms with Crippen LogP contribution in [-0.2, 0) is 24.8 Å². The monoisotopic (exact) mass is 493 g/mol. The summed E-state index contributed by atoms with van der Waals surface area (Å²) < 4.78 is 66.6. The molecule has 0 radical (unpaired) electrons. The second-order valence-corrected chi connectivity index (χ2v) is 12.8. The number of hydrogen-bond donors (Lipinski definition) is 2. The van der Waals surface area contributed by atoms with Crippen LogP contribution < -0.4 is 10.0 Å². The molecule has 0 atom stereocenters. The highest BCUT2D eigenvalue weighted by molar-refractivity contribution is 7.99. The summed E-state index contributed by atoms with van der Waals surface area (Å²) in [5, 5.41) is 2.54. The summed E-state index contributed by atoms with van der Waals surface area (Å²) >= 11 is 2.75. The molecule has 1 fully saturated rings. The lowest BCUT2D eigenvalue weighted by Crippen LogP contribution is -2.37. The molecular formula is C17H20FN3O5S4. The Bertz CT molecular complexity index is 1120. The lowest BCUT2D eigenvalue weighted by Gasteiger charge is -2.24. The molecule has 0 bridgehead atoms. The van der Waals surface area contributed by atoms with Gasteiger partial charge < -0.3 is 5.32 Å². The molecule has 0 unspecified atom stereocenters. The molecular weight excluding hydrogens is 473 g/mol. The molecule has 3 rings (SSSR count). The van der Waals surface area contributed by atoms with Crippen LogP contribution in [0, 0.1) is 12.7 Å². The second-order valence-electron chi connectivity index (χ2n) is 6.38. The lowest BCUT2D eigenvalue weighted by atomic mass is 10.4. The Morgan fingerprint density at radius 3 is 2.40 bits per heavy atom. The van der Waals surface area contributed by atoms with E-state index >= 15 is 0 Å². The quantitative estimate of drug-likeness (QED) is 0.609. The SMILES string of the molecule is Cc1sc(S(=O)(=O)N2CCSCC2)cc1NC(=O)CNS(=O)(=O)c1ccc(F)cc1. The first-order valence-corrected chi connectivity index (χ1v) is 13.7. The van der Waals surface area contributed by atoms with Gasteiger partial charge in [0, 0.05) is 29.5 Å². The van der Waals surface area contributed by atoms with Crippen LogP contribution in [-0.4, -0.2) is 58.2 Å². The number of hydrogen-bond acceptors (Lipinski definition) is 7. The van der Waals surface area contributed by atoms with Gasteiger partial charge in [0.25, 0.3) is 10.0 Å². The summed E-state index contributed by atoms with van der Waals surface area (Å²) in [6.45, 7) is 2.00. The maximum atomic E-state index is 12.9. The van der Waals surface area contributed by atoms with E-state index in [1.54, 1.807) is 18.7 Å². The minimum atomic E-state index is -3.99. The van der Waals surface area contributed by atoms with Crippen LogP contribution in [0.15, 0.2) is 39.4 Å². The Hall–Kier alpha value is -1.51. The van der Waals surface area contributed by atoms with Crippen molar-refractivity contribution in [1.82, 2.24) is 9.03 Å². The second kappa shape index (κ2) is 9.32. The van der Waals surface area contributed by atoms with E-state index in [0.717, 1.165) is 47.1 Å². The molecule has 2 heterocycles. The molecule has 1 amide bonds. The van der Waals surface area contributed by atoms with Gasteiger partial charge in [0.05, 0.1) is 17.1 Å². The number of rotatable bonds is 7. The van der Waals surface area contributed by atoms with Crippen molar-refractivity contribution < 1.29 is 26.0 Å². The molecule has 0 spiro atoms. The van der Waals surface area contributed by atoms with Crippen LogP contribution in [0.4, 0.5) is 10.1 Å². The van der Waals surface area contributed by atoms with E-state index in [-0.39, 0.29) is 9.10 Å². The van der Waals surface area contributed by atoms with E-state index in [2.05, 4.69) is 10.0 Å². The van der Waals surface area contributed by atoms with Gasteiger partial charge in [-0.2, -0.15) is 16.1 Å². The first-order valence-electron chi connectivity index (χ1n) is 8.83. The van der Waals surface area contributed by atoms with Crippen molar-refractivity contribution >= 4 is 54.7 Å². The van der Waals surface area contributed by atoms with Gasteiger partial charge in [-0.25, -0.2) is 25.9 Å². The summed E-state index contributed by atoms with van der Waals surface area (Å²) in [6.07, 6.45) is 0. The van der Waals surface area contributed by atoms with E-state index in [1.807, 2.05) is 0 Å². The predicted molar refractivity (Wildman–Crippen MR) is 115 cm³/mol. The number of aryl methyl sites for hydroxylation is 1. The van der Waals surface area contributed by atoms with Crippen LogP contribution >= 0.6 is 23.1 Å². The normalized spacial score (nSPS) is 15.8. The Kier molecular flexibility index (Phi) is 7.20. The molecule has 1 saturated heterocycles. The first-order chi connectivity index (χ1) is 14.1. The van der Waals surface area contributed by atoms with Gasteiger partial charge in [0.1, 0.15) is 10.0 Å². The highest BCUT2D eigenvalue weighted by Gasteiger charge is 2.28. The van der Waals surface area contributed by atoms with Crippen LogP contribution in [0.25, 0.3) is 0 Å². The minimum absolute atomic E-state index is 0.133. The number of halogens is 1. The number of carbonyl (C=O) groups excluding carboxylic acids is 1. The molecule has 1 aromatic carbocycles. The summed E-state index contributed by atoms with van der Waals surface area (Å²) in [6, 6.07) is 5.59. The Labute approximate surface area is 183 Å². The number of nitrogens with one attached hydrogen (secondary N) is 2. The fourth-order valence-electron chi connectivity index (χ4n) is 2.67. The lowest BCUT2D eigenvalue weighted by molar-refractivity contribution is -0.115. The van der Waals surface area contributed by atoms with Crippen molar-refractivity contribution in [2.45, 2.75) is 16.0 Å². The highest BCUT2D eigenvalue weighted by atomic mass is 32.2. The maximum absolute atomic E-state index is 12.9. The average molecular weight is 494 g/mol. The predicted octanol–water partition coefficient (Wildman–Crippen LogP) is 1.85. The van der Waals surface area contributed by atoms with Gasteiger partial charge in [-0.3, -0.25) is 4.79 Å². The number of anilines is 1. The van der Waals surface area contributed by atoms with E-state index < -0.39 is 38.3 Å². The topological polar surface area (TPSA) is 113 Å². The number of thiophene rings is 1. The van der Waals surface area contributed by atoms with Gasteiger partial charge in [-0.1, -0.05) is 0 Å². The number of sulfonamides is 2. The number of thioether (sulfide) groups is 1. The summed E-state index contributed by atoms with van der Waals surface area (Å²) in [4.78, 5) is 12.6. The molecule has 1 aliphatic heterocycles. The van der Waals surface area contributed by atoms with Crippen molar-refractivity contribution in [3.05, 3.63) is 41.0 Å². The zero-order chi connectivity index (χ0) is 21.9. The maximum Gasteiger partial charge on any atom is 0.252 e. The van der Waals surface area contributed by atoms with Crippen molar-refractivity contribution in [3.8, 4) is 0 Å². The van der Waals surface area contributed by atoms with Crippen LogP contribution in [0.5, 0.6) is 0 Å². The molecule has 0 saturated carbocycles. The number of benzene rings is 1. The van der Waals surface area contributed by atoms with E-state index in [9.17, 15) is 26.0 Å². The van der Waals surface area contributed by atoms with Crippen LogP contribution in [0.1, 0.15) is 4.88 Å². The third kappa shape index (κ3) is 5.39. The van der Waals surface area contributed by atoms with E-state index in [0.29, 0.717) is 23.7 Å². The van der Waals surface area contributed by atoms with Gasteiger partial charge in [0.15, 0.2) is 0 Å². The molecule has 2 aromatic rings. The molecule has 30 heavy (non-hydrogen) atoms. The fourth-order valence-corrected chi connectivity index (χ4v) is 7.78. The van der Waals surface area contributed by atoms with Gasteiger partial charge in [-0.05, 0) is 37.3 Å². The number of nitrogens with zero attached hydrogens (tertiary/aromatic N) is 1. The minimum Gasteiger partial charge on any atom is -0.324 e. The molecule has 2 N–H and O–H groups in total. The van der Waals surface area contributed by atoms with Crippen molar-refractivity contribution in [2.75, 3.05) is 36.5 Å². The molecule has 8 nitrogen and oxygen atoms in total. The third-order valence-corrected chi connectivity index (χ3v) is 10.0. The first kappa shape index (κ1) is 23.2. The standard InChI is InChI=1S/C17H20FN3O5S4/c1-12-15(10-17(28-12)30(25,26)21-6-8-27-9-7-21)20-16(22)11-19-29(23,24)14-4-2-13(18)3-5-14/h2-5,10,19H,6-9,11H2,1H3,(H,20,22). The van der Waals surface area contributed by atoms with Crippen molar-refractivity contribution in [3.63, 3.8) is 0 Å². The van der Waals surface area contributed by atoms with Crippen molar-refractivity contribution in [2.24, 2.45) is 0 Å². The molecule has 164 valence electrons. The molecule has 1 aromatic heterocycles. The van der Waals surface area contributed by atoms with Crippen LogP contribution in [0.2, 0.25) is 0 Å². The molecule has 0 aliphatic carbocycles. The van der Waals surface area contributed by atoms with E-state index in [4.69, 9.17) is 0 Å². The summed E-state index contributed by atoms with van der Waals surface area (Å²) in [7, 11) is -7.62. The molecule has 1 aliphatic rings. The van der Waals surface area contributed by atoms with Gasteiger partial charge in [-0.15, -0.1) is 11.3 Å². The van der Waals surface area contributed by atoms with E-state index in [1.165, 1.54) is 10.4 Å². The fraction of sp³-hybridized carbons (Fsp3) is 0.353. The summed E-state index contributed by atoms with van der Waals surface area (Å²) in [5.41, 5.74) is 0.316. The Balaban J connectivity index is 1.65. The largest absolute Gasteiger partial charge is 0.324 e. The Morgan fingerprint density at radius 2 is 1.77 bits per heavy atom. The smallest absolute Gasteiger partial charge is 0.252 e. The van der Waals surface area contributed by atoms with Crippen LogP contribution in [0.3, 0.4) is 0 Å². The number of amides is 1. The molecule has 13 heteroatoms. The highest BCUT2D eigenvalue weighted by Crippen LogP contribution is 2.32. The Morgan fingerprint density at radius 1 is 1.13 bits per heavy atom.